The molecule has 0 fully saturated rings. The van der Waals surface area contributed by atoms with Gasteiger partial charge in [0, 0.05) is 12.1 Å². The number of aromatic nitrogens is 2. The number of aromatic amines is 1. The standard InChI is InChI=1S/C12H12FIN2S/c1-3-4-7(2)16-11-5-8(13)9(14)6-10(11)15-12(16)17/h3,5-7H,1,4H2,2H3,(H,15,17). The molecule has 17 heavy (non-hydrogen) atoms. The van der Waals surface area contributed by atoms with Crippen LogP contribution in [0.25, 0.3) is 11.0 Å². The molecule has 2 rings (SSSR count). The number of fused-ring (bicyclic) bond motifs is 1. The average molecular weight is 362 g/mol. The van der Waals surface area contributed by atoms with Crippen LogP contribution in [0.1, 0.15) is 19.4 Å². The highest BCUT2D eigenvalue weighted by molar-refractivity contribution is 14.1. The Bertz CT molecular complexity index is 629. The maximum atomic E-state index is 13.6. The third kappa shape index (κ3) is 2.30. The summed E-state index contributed by atoms with van der Waals surface area (Å²) in [5.74, 6) is -0.216. The molecule has 0 amide bonds. The molecular weight excluding hydrogens is 350 g/mol. The van der Waals surface area contributed by atoms with Crippen LogP contribution in [0.15, 0.2) is 24.8 Å². The van der Waals surface area contributed by atoms with Crippen molar-refractivity contribution in [1.82, 2.24) is 9.55 Å². The zero-order valence-corrected chi connectivity index (χ0v) is 12.3. The van der Waals surface area contributed by atoms with Gasteiger partial charge in [-0.25, -0.2) is 4.39 Å². The fraction of sp³-hybridized carbons (Fsp3) is 0.250. The zero-order valence-electron chi connectivity index (χ0n) is 9.34. The van der Waals surface area contributed by atoms with Crippen molar-refractivity contribution in [2.75, 3.05) is 0 Å². The van der Waals surface area contributed by atoms with E-state index in [9.17, 15) is 4.39 Å². The molecule has 0 saturated carbocycles. The second-order valence-electron chi connectivity index (χ2n) is 3.96. The smallest absolute Gasteiger partial charge is 0.178 e. The first-order valence-electron chi connectivity index (χ1n) is 5.24. The van der Waals surface area contributed by atoms with Crippen LogP contribution in [0.2, 0.25) is 0 Å². The molecule has 0 aliphatic rings. The minimum atomic E-state index is -0.216. The Morgan fingerprint density at radius 1 is 1.65 bits per heavy atom. The van der Waals surface area contributed by atoms with Gasteiger partial charge in [-0.05, 0) is 54.2 Å². The van der Waals surface area contributed by atoms with Crippen molar-refractivity contribution in [3.05, 3.63) is 38.9 Å². The van der Waals surface area contributed by atoms with E-state index in [1.165, 1.54) is 6.07 Å². The van der Waals surface area contributed by atoms with Crippen LogP contribution in [-0.2, 0) is 0 Å². The van der Waals surface area contributed by atoms with Crippen LogP contribution in [0.5, 0.6) is 0 Å². The number of benzene rings is 1. The number of hydrogen-bond donors (Lipinski definition) is 1. The van der Waals surface area contributed by atoms with Gasteiger partial charge in [0.25, 0.3) is 0 Å². The third-order valence-electron chi connectivity index (χ3n) is 2.71. The van der Waals surface area contributed by atoms with Crippen molar-refractivity contribution >= 4 is 45.8 Å². The van der Waals surface area contributed by atoms with Crippen LogP contribution < -0.4 is 0 Å². The molecule has 0 spiro atoms. The highest BCUT2D eigenvalue weighted by Gasteiger charge is 2.12. The number of allylic oxidation sites excluding steroid dienone is 1. The van der Waals surface area contributed by atoms with E-state index in [4.69, 9.17) is 12.2 Å². The maximum absolute atomic E-state index is 13.6. The number of nitrogens with one attached hydrogen (secondary N) is 1. The monoisotopic (exact) mass is 362 g/mol. The number of hydrogen-bond acceptors (Lipinski definition) is 1. The molecule has 1 N–H and O–H groups in total. The number of H-pyrrole nitrogens is 1. The van der Waals surface area contributed by atoms with E-state index >= 15 is 0 Å². The van der Waals surface area contributed by atoms with E-state index in [1.807, 2.05) is 40.2 Å². The van der Waals surface area contributed by atoms with Crippen LogP contribution in [0.4, 0.5) is 4.39 Å². The first-order chi connectivity index (χ1) is 8.04. The predicted molar refractivity (Wildman–Crippen MR) is 79.3 cm³/mol. The van der Waals surface area contributed by atoms with Gasteiger partial charge in [-0.3, -0.25) is 0 Å². The molecule has 1 unspecified atom stereocenters. The predicted octanol–water partition coefficient (Wildman–Crippen LogP) is 4.58. The highest BCUT2D eigenvalue weighted by Crippen LogP contribution is 2.24. The normalized spacial score (nSPS) is 12.9. The van der Waals surface area contributed by atoms with E-state index in [0.717, 1.165) is 17.5 Å². The molecular formula is C12H12FIN2S. The lowest BCUT2D eigenvalue weighted by Crippen LogP contribution is -2.04. The summed E-state index contributed by atoms with van der Waals surface area (Å²) in [7, 11) is 0. The highest BCUT2D eigenvalue weighted by atomic mass is 127. The molecule has 2 nitrogen and oxygen atoms in total. The van der Waals surface area contributed by atoms with Gasteiger partial charge >= 0.3 is 0 Å². The summed E-state index contributed by atoms with van der Waals surface area (Å²) in [5, 5.41) is 0. The van der Waals surface area contributed by atoms with E-state index in [1.54, 1.807) is 6.07 Å². The maximum Gasteiger partial charge on any atom is 0.178 e. The zero-order chi connectivity index (χ0) is 12.6. The van der Waals surface area contributed by atoms with Crippen molar-refractivity contribution in [2.24, 2.45) is 0 Å². The fourth-order valence-corrected chi connectivity index (χ4v) is 2.76. The molecule has 5 heteroatoms. The summed E-state index contributed by atoms with van der Waals surface area (Å²) in [6.07, 6.45) is 2.64. The fourth-order valence-electron chi connectivity index (χ4n) is 1.90. The second kappa shape index (κ2) is 4.89. The van der Waals surface area contributed by atoms with Crippen LogP contribution in [0, 0.1) is 14.2 Å². The summed E-state index contributed by atoms with van der Waals surface area (Å²) >= 11 is 7.25. The summed E-state index contributed by atoms with van der Waals surface area (Å²) in [4.78, 5) is 3.11. The van der Waals surface area contributed by atoms with E-state index < -0.39 is 0 Å². The molecule has 0 radical (unpaired) electrons. The molecule has 1 heterocycles. The summed E-state index contributed by atoms with van der Waals surface area (Å²) in [5.41, 5.74) is 1.68. The third-order valence-corrected chi connectivity index (χ3v) is 3.83. The van der Waals surface area contributed by atoms with Crippen LogP contribution >= 0.6 is 34.8 Å². The lowest BCUT2D eigenvalue weighted by molar-refractivity contribution is 0.561. The van der Waals surface area contributed by atoms with Gasteiger partial charge in [-0.1, -0.05) is 6.08 Å². The molecule has 2 aromatic rings. The Labute approximate surface area is 118 Å². The first-order valence-corrected chi connectivity index (χ1v) is 6.73. The Morgan fingerprint density at radius 3 is 3.00 bits per heavy atom. The van der Waals surface area contributed by atoms with Crippen molar-refractivity contribution in [2.45, 2.75) is 19.4 Å². The van der Waals surface area contributed by atoms with E-state index in [0.29, 0.717) is 8.34 Å². The minimum Gasteiger partial charge on any atom is -0.331 e. The summed E-state index contributed by atoms with van der Waals surface area (Å²) in [6, 6.07) is 3.48. The summed E-state index contributed by atoms with van der Waals surface area (Å²) < 4.78 is 16.7. The minimum absolute atomic E-state index is 0.174. The Hall–Kier alpha value is -0.690. The Balaban J connectivity index is 2.70. The van der Waals surface area contributed by atoms with Crippen molar-refractivity contribution in [3.63, 3.8) is 0 Å². The van der Waals surface area contributed by atoms with Crippen molar-refractivity contribution in [3.8, 4) is 0 Å². The molecule has 1 atom stereocenters. The number of halogens is 2. The molecule has 90 valence electrons. The quantitative estimate of drug-likeness (QED) is 0.482. The van der Waals surface area contributed by atoms with Gasteiger partial charge in [-0.2, -0.15) is 0 Å². The number of imidazole rings is 1. The van der Waals surface area contributed by atoms with Crippen LogP contribution in [-0.4, -0.2) is 9.55 Å². The van der Waals surface area contributed by atoms with Gasteiger partial charge in [0.2, 0.25) is 0 Å². The Morgan fingerprint density at radius 2 is 2.35 bits per heavy atom. The van der Waals surface area contributed by atoms with Crippen LogP contribution in [0.3, 0.4) is 0 Å². The molecule has 0 aliphatic carbocycles. The van der Waals surface area contributed by atoms with Gasteiger partial charge in [-0.15, -0.1) is 6.58 Å². The second-order valence-corrected chi connectivity index (χ2v) is 5.51. The molecule has 1 aromatic carbocycles. The lowest BCUT2D eigenvalue weighted by atomic mass is 10.2. The largest absolute Gasteiger partial charge is 0.331 e. The summed E-state index contributed by atoms with van der Waals surface area (Å²) in [6.45, 7) is 5.76. The average Bonchev–Trinajstić information content (AvgIpc) is 2.55. The van der Waals surface area contributed by atoms with Gasteiger partial charge in [0.05, 0.1) is 14.6 Å². The molecule has 0 aliphatic heterocycles. The van der Waals surface area contributed by atoms with E-state index in [2.05, 4.69) is 11.6 Å². The first kappa shape index (κ1) is 12.8. The van der Waals surface area contributed by atoms with E-state index in [-0.39, 0.29) is 11.9 Å². The van der Waals surface area contributed by atoms with Crippen molar-refractivity contribution < 1.29 is 4.39 Å². The van der Waals surface area contributed by atoms with Gasteiger partial charge in [0.1, 0.15) is 5.82 Å². The van der Waals surface area contributed by atoms with Crippen molar-refractivity contribution in [1.29, 1.82) is 0 Å². The number of rotatable bonds is 3. The van der Waals surface area contributed by atoms with Gasteiger partial charge < -0.3 is 9.55 Å². The number of nitrogens with zero attached hydrogens (tertiary/aromatic N) is 1. The molecule has 1 aromatic heterocycles. The molecule has 0 saturated heterocycles. The SMILES string of the molecule is C=CCC(C)n1c(=S)[nH]c2cc(I)c(F)cc21. The topological polar surface area (TPSA) is 20.7 Å². The Kier molecular flexibility index (Phi) is 3.67. The lowest BCUT2D eigenvalue weighted by Gasteiger charge is -2.12. The van der Waals surface area contributed by atoms with Gasteiger partial charge in [0.15, 0.2) is 4.77 Å². The molecule has 0 bridgehead atoms.